The van der Waals surface area contributed by atoms with Crippen molar-refractivity contribution in [3.05, 3.63) is 47.0 Å². The molecule has 1 amide bonds. The summed E-state index contributed by atoms with van der Waals surface area (Å²) in [4.78, 5) is 19.4. The minimum Gasteiger partial charge on any atom is -0.345 e. The van der Waals surface area contributed by atoms with Crippen LogP contribution in [0.3, 0.4) is 0 Å². The molecule has 2 heterocycles. The zero-order valence-electron chi connectivity index (χ0n) is 11.3. The van der Waals surface area contributed by atoms with Crippen molar-refractivity contribution < 1.29 is 4.79 Å². The Labute approximate surface area is 115 Å². The lowest BCUT2D eigenvalue weighted by atomic mass is 10.2. The third-order valence-electron chi connectivity index (χ3n) is 3.31. The summed E-state index contributed by atoms with van der Waals surface area (Å²) in [6.07, 6.45) is 0. The molecule has 3 rings (SSSR count). The molecule has 0 saturated carbocycles. The highest BCUT2D eigenvalue weighted by atomic mass is 16.2. The normalized spacial score (nSPS) is 10.9. The predicted octanol–water partition coefficient (Wildman–Crippen LogP) is 1.83. The van der Waals surface area contributed by atoms with E-state index in [2.05, 4.69) is 25.5 Å². The minimum atomic E-state index is -0.221. The van der Waals surface area contributed by atoms with E-state index in [-0.39, 0.29) is 5.91 Å². The van der Waals surface area contributed by atoms with Gasteiger partial charge in [-0.2, -0.15) is 5.10 Å². The topological polar surface area (TPSA) is 86.5 Å². The largest absolute Gasteiger partial charge is 0.345 e. The van der Waals surface area contributed by atoms with Gasteiger partial charge in [-0.25, -0.2) is 4.98 Å². The molecule has 3 N–H and O–H groups in total. The average Bonchev–Trinajstić information content (AvgIpc) is 3.01. The van der Waals surface area contributed by atoms with Crippen LogP contribution in [0.25, 0.3) is 11.0 Å². The second kappa shape index (κ2) is 4.80. The summed E-state index contributed by atoms with van der Waals surface area (Å²) in [7, 11) is 0. The van der Waals surface area contributed by atoms with Crippen molar-refractivity contribution in [3.63, 3.8) is 0 Å². The first-order valence-electron chi connectivity index (χ1n) is 6.38. The van der Waals surface area contributed by atoms with Crippen LogP contribution in [-0.2, 0) is 6.54 Å². The van der Waals surface area contributed by atoms with Crippen molar-refractivity contribution in [3.8, 4) is 0 Å². The lowest BCUT2D eigenvalue weighted by Gasteiger charge is -2.03. The Bertz CT molecular complexity index is 718. The van der Waals surface area contributed by atoms with Crippen LogP contribution < -0.4 is 5.32 Å². The number of H-pyrrole nitrogens is 2. The number of carbonyl (C=O) groups is 1. The highest BCUT2D eigenvalue weighted by Gasteiger charge is 2.13. The molecule has 3 aromatic rings. The smallest absolute Gasteiger partial charge is 0.287 e. The fourth-order valence-electron chi connectivity index (χ4n) is 2.15. The number of carbonyl (C=O) groups excluding carboxylic acids is 1. The number of amides is 1. The lowest BCUT2D eigenvalue weighted by molar-refractivity contribution is 0.0942. The number of para-hydroxylation sites is 2. The number of nitrogens with one attached hydrogen (secondary N) is 3. The van der Waals surface area contributed by atoms with Crippen LogP contribution in [0.15, 0.2) is 24.3 Å². The van der Waals surface area contributed by atoms with Crippen molar-refractivity contribution in [2.75, 3.05) is 0 Å². The van der Waals surface area contributed by atoms with Gasteiger partial charge in [0.15, 0.2) is 5.82 Å². The van der Waals surface area contributed by atoms with Gasteiger partial charge in [-0.15, -0.1) is 0 Å². The highest BCUT2D eigenvalue weighted by Crippen LogP contribution is 2.11. The van der Waals surface area contributed by atoms with E-state index < -0.39 is 0 Å². The van der Waals surface area contributed by atoms with E-state index in [1.54, 1.807) is 0 Å². The van der Waals surface area contributed by atoms with E-state index in [1.807, 2.05) is 38.1 Å². The van der Waals surface area contributed by atoms with Crippen LogP contribution >= 0.6 is 0 Å². The maximum Gasteiger partial charge on any atom is 0.287 e. The van der Waals surface area contributed by atoms with Gasteiger partial charge in [0.1, 0.15) is 0 Å². The summed E-state index contributed by atoms with van der Waals surface area (Å²) >= 11 is 0. The molecule has 0 saturated heterocycles. The lowest BCUT2D eigenvalue weighted by Crippen LogP contribution is -2.24. The molecule has 6 heteroatoms. The number of hydrogen-bond donors (Lipinski definition) is 3. The van der Waals surface area contributed by atoms with E-state index >= 15 is 0 Å². The second-order valence-electron chi connectivity index (χ2n) is 4.70. The summed E-state index contributed by atoms with van der Waals surface area (Å²) in [5.74, 6) is 0.103. The highest BCUT2D eigenvalue weighted by molar-refractivity contribution is 5.94. The van der Waals surface area contributed by atoms with Gasteiger partial charge in [0.25, 0.3) is 5.91 Å². The van der Waals surface area contributed by atoms with Gasteiger partial charge >= 0.3 is 0 Å². The number of benzene rings is 1. The predicted molar refractivity (Wildman–Crippen MR) is 75.3 cm³/mol. The van der Waals surface area contributed by atoms with E-state index in [4.69, 9.17) is 0 Å². The Hall–Kier alpha value is -2.63. The molecular weight excluding hydrogens is 254 g/mol. The van der Waals surface area contributed by atoms with Gasteiger partial charge in [-0.3, -0.25) is 9.89 Å². The van der Waals surface area contributed by atoms with Crippen LogP contribution in [0.5, 0.6) is 0 Å². The van der Waals surface area contributed by atoms with Crippen LogP contribution in [0, 0.1) is 13.8 Å². The van der Waals surface area contributed by atoms with Crippen LogP contribution in [-0.4, -0.2) is 26.1 Å². The van der Waals surface area contributed by atoms with Gasteiger partial charge in [0, 0.05) is 17.8 Å². The van der Waals surface area contributed by atoms with Gasteiger partial charge in [-0.1, -0.05) is 12.1 Å². The average molecular weight is 269 g/mol. The SMILES string of the molecule is Cc1n[nH]c(C)c1CNC(=O)c1nc2ccccc2[nH]1. The molecule has 0 fully saturated rings. The van der Waals surface area contributed by atoms with Crippen LogP contribution in [0.2, 0.25) is 0 Å². The molecule has 0 radical (unpaired) electrons. The molecule has 20 heavy (non-hydrogen) atoms. The molecule has 0 bridgehead atoms. The third kappa shape index (κ3) is 2.16. The van der Waals surface area contributed by atoms with E-state index in [1.165, 1.54) is 0 Å². The first-order valence-corrected chi connectivity index (χ1v) is 6.38. The van der Waals surface area contributed by atoms with E-state index in [0.29, 0.717) is 12.4 Å². The number of rotatable bonds is 3. The molecule has 0 unspecified atom stereocenters. The Morgan fingerprint density at radius 3 is 2.80 bits per heavy atom. The molecule has 102 valence electrons. The molecule has 2 aromatic heterocycles. The molecule has 0 aliphatic heterocycles. The van der Waals surface area contributed by atoms with E-state index in [0.717, 1.165) is 28.0 Å². The maximum absolute atomic E-state index is 12.1. The van der Waals surface area contributed by atoms with Crippen molar-refractivity contribution in [2.24, 2.45) is 0 Å². The molecule has 6 nitrogen and oxygen atoms in total. The Balaban J connectivity index is 1.76. The molecule has 0 atom stereocenters. The first-order chi connectivity index (χ1) is 9.65. The monoisotopic (exact) mass is 269 g/mol. The van der Waals surface area contributed by atoms with Crippen LogP contribution in [0.4, 0.5) is 0 Å². The van der Waals surface area contributed by atoms with Gasteiger partial charge in [0.2, 0.25) is 0 Å². The Kier molecular flexibility index (Phi) is 2.98. The summed E-state index contributed by atoms with van der Waals surface area (Å²) in [6.45, 7) is 4.28. The zero-order chi connectivity index (χ0) is 14.1. The Morgan fingerprint density at radius 2 is 2.10 bits per heavy atom. The number of fused-ring (bicyclic) bond motifs is 1. The summed E-state index contributed by atoms with van der Waals surface area (Å²) < 4.78 is 0. The molecular formula is C14H15N5O. The number of aromatic nitrogens is 4. The molecule has 0 aliphatic rings. The van der Waals surface area contributed by atoms with Crippen LogP contribution in [0.1, 0.15) is 27.6 Å². The van der Waals surface area contributed by atoms with Gasteiger partial charge in [-0.05, 0) is 26.0 Å². The Morgan fingerprint density at radius 1 is 1.30 bits per heavy atom. The number of hydrogen-bond acceptors (Lipinski definition) is 3. The summed E-state index contributed by atoms with van der Waals surface area (Å²) in [5, 5.41) is 9.85. The fraction of sp³-hybridized carbons (Fsp3) is 0.214. The summed E-state index contributed by atoms with van der Waals surface area (Å²) in [5.41, 5.74) is 4.51. The van der Waals surface area contributed by atoms with Crippen molar-refractivity contribution in [1.29, 1.82) is 0 Å². The minimum absolute atomic E-state index is 0.221. The van der Waals surface area contributed by atoms with Crippen molar-refractivity contribution >= 4 is 16.9 Å². The van der Waals surface area contributed by atoms with Crippen molar-refractivity contribution in [2.45, 2.75) is 20.4 Å². The molecule has 0 spiro atoms. The van der Waals surface area contributed by atoms with E-state index in [9.17, 15) is 4.79 Å². The quantitative estimate of drug-likeness (QED) is 0.678. The fourth-order valence-corrected chi connectivity index (χ4v) is 2.15. The van der Waals surface area contributed by atoms with Gasteiger partial charge < -0.3 is 10.3 Å². The zero-order valence-corrected chi connectivity index (χ0v) is 11.3. The molecule has 0 aliphatic carbocycles. The maximum atomic E-state index is 12.1. The number of aromatic amines is 2. The number of imidazole rings is 1. The number of nitrogens with zero attached hydrogens (tertiary/aromatic N) is 2. The molecule has 1 aromatic carbocycles. The number of aryl methyl sites for hydroxylation is 2. The van der Waals surface area contributed by atoms with Gasteiger partial charge in [0.05, 0.1) is 16.7 Å². The first kappa shape index (κ1) is 12.4. The standard InChI is InChI=1S/C14H15N5O/c1-8-10(9(2)19-18-8)7-15-14(20)13-16-11-5-3-4-6-12(11)17-13/h3-6H,7H2,1-2H3,(H,15,20)(H,16,17)(H,18,19). The third-order valence-corrected chi connectivity index (χ3v) is 3.31. The summed E-state index contributed by atoms with van der Waals surface area (Å²) in [6, 6.07) is 7.56. The van der Waals surface area contributed by atoms with Crippen molar-refractivity contribution in [1.82, 2.24) is 25.5 Å². The second-order valence-corrected chi connectivity index (χ2v) is 4.70.